The van der Waals surface area contributed by atoms with Gasteiger partial charge in [0, 0.05) is 36.4 Å². The van der Waals surface area contributed by atoms with Crippen LogP contribution in [0, 0.1) is 10.1 Å². The largest absolute Gasteiger partial charge is 0.377 e. The lowest BCUT2D eigenvalue weighted by molar-refractivity contribution is -0.384. The molecule has 284 valence electrons. The number of hydrogen-bond donors (Lipinski definition) is 3. The normalized spacial score (nSPS) is 19.5. The van der Waals surface area contributed by atoms with Crippen LogP contribution in [0.25, 0.3) is 22.6 Å². The highest BCUT2D eigenvalue weighted by Gasteiger charge is 2.29. The Morgan fingerprint density at radius 1 is 0.745 bits per heavy atom. The number of halogens is 2. The number of carbonyl (C=O) groups is 2. The van der Waals surface area contributed by atoms with Crippen LogP contribution in [0.15, 0.2) is 105 Å². The van der Waals surface area contributed by atoms with E-state index in [9.17, 15) is 19.7 Å². The molecule has 4 heterocycles. The number of nitro benzene ring substituents is 1. The molecule has 2 aliphatic carbocycles. The van der Waals surface area contributed by atoms with Crippen molar-refractivity contribution in [1.82, 2.24) is 25.2 Å². The number of anilines is 1. The first-order valence-electron chi connectivity index (χ1n) is 18.2. The molecule has 0 spiro atoms. The van der Waals surface area contributed by atoms with Crippen molar-refractivity contribution in [3.63, 3.8) is 0 Å². The molecule has 4 aromatic heterocycles. The fraction of sp³-hybridized carbons (Fsp3) is 0.300. The van der Waals surface area contributed by atoms with Gasteiger partial charge in [0.1, 0.15) is 11.4 Å². The van der Waals surface area contributed by atoms with Gasteiger partial charge in [0.2, 0.25) is 0 Å². The number of para-hydroxylation sites is 4. The van der Waals surface area contributed by atoms with E-state index in [0.29, 0.717) is 10.6 Å². The van der Waals surface area contributed by atoms with Crippen molar-refractivity contribution >= 4 is 88.8 Å². The Hall–Kier alpha value is -4.44. The molecule has 6 aromatic rings. The quantitative estimate of drug-likeness (QED) is 0.0968. The van der Waals surface area contributed by atoms with Gasteiger partial charge in [-0.1, -0.05) is 30.3 Å². The van der Waals surface area contributed by atoms with E-state index in [0.717, 1.165) is 86.4 Å². The zero-order chi connectivity index (χ0) is 38.3. The second-order valence-electron chi connectivity index (χ2n) is 13.7. The monoisotopic (exact) mass is 903 g/mol. The summed E-state index contributed by atoms with van der Waals surface area (Å²) in [6, 6.07) is 28.9. The molecule has 2 amide bonds. The van der Waals surface area contributed by atoms with Crippen LogP contribution in [0.5, 0.6) is 0 Å². The van der Waals surface area contributed by atoms with Crippen LogP contribution >= 0.6 is 54.5 Å². The number of amides is 2. The highest BCUT2D eigenvalue weighted by Crippen LogP contribution is 2.36. The minimum atomic E-state index is -0.376. The van der Waals surface area contributed by atoms with Crippen LogP contribution in [-0.4, -0.2) is 49.4 Å². The molecule has 4 unspecified atom stereocenters. The molecule has 4 atom stereocenters. The second-order valence-corrected chi connectivity index (χ2v) is 18.6. The van der Waals surface area contributed by atoms with Gasteiger partial charge in [0.15, 0.2) is 5.82 Å². The van der Waals surface area contributed by atoms with E-state index in [1.54, 1.807) is 24.3 Å². The highest BCUT2D eigenvalue weighted by molar-refractivity contribution is 9.11. The van der Waals surface area contributed by atoms with Gasteiger partial charge in [-0.3, -0.25) is 24.7 Å². The Bertz CT molecular complexity index is 2280. The summed E-state index contributed by atoms with van der Waals surface area (Å²) >= 11 is 9.67. The minimum absolute atomic E-state index is 0.0109. The number of nitrogens with zero attached hydrogens (tertiary/aromatic N) is 4. The van der Waals surface area contributed by atoms with Gasteiger partial charge in [-0.05, 0) is 138 Å². The molecule has 2 saturated carbocycles. The first-order valence-corrected chi connectivity index (χ1v) is 21.4. The number of nitro groups is 1. The summed E-state index contributed by atoms with van der Waals surface area (Å²) in [4.78, 5) is 46.6. The Labute approximate surface area is 343 Å². The van der Waals surface area contributed by atoms with Crippen LogP contribution in [-0.2, 0) is 0 Å². The molecule has 0 saturated heterocycles. The average Bonchev–Trinajstić information content (AvgIpc) is 3.94. The van der Waals surface area contributed by atoms with Crippen LogP contribution in [0.3, 0.4) is 0 Å². The summed E-state index contributed by atoms with van der Waals surface area (Å²) in [5.74, 6) is 0.847. The van der Waals surface area contributed by atoms with Crippen LogP contribution in [0.1, 0.15) is 76.8 Å². The smallest absolute Gasteiger partial charge is 0.292 e. The molecule has 2 fully saturated rings. The van der Waals surface area contributed by atoms with Crippen molar-refractivity contribution in [2.45, 2.75) is 75.5 Å². The van der Waals surface area contributed by atoms with Crippen molar-refractivity contribution in [3.05, 3.63) is 125 Å². The number of pyridine rings is 1. The van der Waals surface area contributed by atoms with Crippen molar-refractivity contribution in [2.24, 2.45) is 0 Å². The van der Waals surface area contributed by atoms with Crippen molar-refractivity contribution in [3.8, 4) is 11.5 Å². The number of carbonyl (C=O) groups excluding carboxylic acids is 2. The topological polar surface area (TPSA) is 144 Å². The number of fused-ring (bicyclic) bond motifs is 1. The first kappa shape index (κ1) is 38.8. The third-order valence-electron chi connectivity index (χ3n) is 9.90. The van der Waals surface area contributed by atoms with E-state index < -0.39 is 0 Å². The molecule has 11 nitrogen and oxygen atoms in total. The molecule has 2 aliphatic rings. The summed E-state index contributed by atoms with van der Waals surface area (Å²) < 4.78 is 4.23. The van der Waals surface area contributed by atoms with Gasteiger partial charge in [-0.2, -0.15) is 0 Å². The molecule has 55 heavy (non-hydrogen) atoms. The summed E-state index contributed by atoms with van der Waals surface area (Å²) in [6.07, 6.45) is 9.41. The van der Waals surface area contributed by atoms with Gasteiger partial charge >= 0.3 is 0 Å². The third-order valence-corrected chi connectivity index (χ3v) is 13.1. The number of nitrogens with one attached hydrogen (secondary N) is 3. The van der Waals surface area contributed by atoms with Gasteiger partial charge in [0.05, 0.1) is 33.3 Å². The summed E-state index contributed by atoms with van der Waals surface area (Å²) in [7, 11) is 0. The fourth-order valence-electron chi connectivity index (χ4n) is 7.43. The Kier molecular flexibility index (Phi) is 12.7. The highest BCUT2D eigenvalue weighted by atomic mass is 79.9. The number of benzene rings is 2. The van der Waals surface area contributed by atoms with Gasteiger partial charge < -0.3 is 20.5 Å². The van der Waals surface area contributed by atoms with Crippen molar-refractivity contribution in [2.75, 3.05) is 5.32 Å². The standard InChI is InChI=1S/C23H21BrN4OS.C17H18BrN3O3S/c24-21-12-11-20(30-21)23(29)26-15-6-5-7-16(14-15)28-19-10-2-1-8-17(19)27-22(28)18-9-3-4-13-25-18;18-16-9-8-15(25-16)17(22)20-12-5-3-4-11(10-12)19-13-6-1-2-7-14(13)21(23)24/h1-4,8-13,15-16H,5-7,14H2,(H,26,29);1-2,6-9,11-12,19H,3-5,10H2,(H,20,22). The van der Waals surface area contributed by atoms with E-state index in [1.807, 2.05) is 48.7 Å². The van der Waals surface area contributed by atoms with Crippen molar-refractivity contribution < 1.29 is 14.5 Å². The van der Waals surface area contributed by atoms with E-state index in [4.69, 9.17) is 4.98 Å². The van der Waals surface area contributed by atoms with E-state index >= 15 is 0 Å². The average molecular weight is 906 g/mol. The van der Waals surface area contributed by atoms with E-state index in [-0.39, 0.29) is 46.6 Å². The SMILES string of the molecule is O=C(NC1CCCC(Nc2ccccc2[N+](=O)[O-])C1)c1ccc(Br)s1.O=C(NC1CCCC(n2c(-c3ccccn3)nc3ccccc32)C1)c1ccc(Br)s1. The number of thiophene rings is 2. The minimum Gasteiger partial charge on any atom is -0.377 e. The van der Waals surface area contributed by atoms with Gasteiger partial charge in [-0.15, -0.1) is 22.7 Å². The third kappa shape index (κ3) is 9.69. The maximum atomic E-state index is 12.7. The molecule has 0 aliphatic heterocycles. The molecule has 2 aromatic carbocycles. The van der Waals surface area contributed by atoms with Gasteiger partial charge in [0.25, 0.3) is 17.5 Å². The Morgan fingerprint density at radius 2 is 1.36 bits per heavy atom. The number of imidazole rings is 1. The zero-order valence-corrected chi connectivity index (χ0v) is 34.5. The van der Waals surface area contributed by atoms with Crippen LogP contribution < -0.4 is 16.0 Å². The van der Waals surface area contributed by atoms with E-state index in [2.05, 4.69) is 75.6 Å². The van der Waals surface area contributed by atoms with Crippen molar-refractivity contribution in [1.29, 1.82) is 0 Å². The Morgan fingerprint density at radius 3 is 2.02 bits per heavy atom. The fourth-order valence-corrected chi connectivity index (χ4v) is 10.0. The summed E-state index contributed by atoms with van der Waals surface area (Å²) in [5.41, 5.74) is 3.59. The maximum absolute atomic E-state index is 12.7. The second kappa shape index (κ2) is 18.0. The van der Waals surface area contributed by atoms with Crippen LogP contribution in [0.4, 0.5) is 11.4 Å². The number of rotatable bonds is 9. The lowest BCUT2D eigenvalue weighted by atomic mass is 9.90. The molecule has 3 N–H and O–H groups in total. The number of hydrogen-bond acceptors (Lipinski definition) is 9. The first-order chi connectivity index (χ1) is 26.7. The molecule has 15 heteroatoms. The molecule has 0 bridgehead atoms. The molecular formula is C40H39Br2N7O4S2. The van der Waals surface area contributed by atoms with Crippen LogP contribution in [0.2, 0.25) is 0 Å². The molecule has 8 rings (SSSR count). The van der Waals surface area contributed by atoms with E-state index in [1.165, 1.54) is 28.7 Å². The van der Waals surface area contributed by atoms with Gasteiger partial charge in [-0.25, -0.2) is 4.98 Å². The lowest BCUT2D eigenvalue weighted by Gasteiger charge is -2.31. The summed E-state index contributed by atoms with van der Waals surface area (Å²) in [6.45, 7) is 0. The lowest BCUT2D eigenvalue weighted by Crippen LogP contribution is -2.41. The molecular weight excluding hydrogens is 866 g/mol. The number of aromatic nitrogens is 3. The predicted molar refractivity (Wildman–Crippen MR) is 226 cm³/mol. The summed E-state index contributed by atoms with van der Waals surface area (Å²) in [5, 5.41) is 20.7. The molecule has 0 radical (unpaired) electrons. The maximum Gasteiger partial charge on any atom is 0.292 e. The predicted octanol–water partition coefficient (Wildman–Crippen LogP) is 10.4. The Balaban J connectivity index is 0.000000172. The zero-order valence-electron chi connectivity index (χ0n) is 29.7.